The summed E-state index contributed by atoms with van der Waals surface area (Å²) >= 11 is 3.22. The molecule has 0 atom stereocenters. The first kappa shape index (κ1) is 7.48. The lowest BCUT2D eigenvalue weighted by molar-refractivity contribution is -0.112. The zero-order valence-electron chi connectivity index (χ0n) is 5.64. The fourth-order valence-electron chi connectivity index (χ4n) is 0.664. The van der Waals surface area contributed by atoms with Crippen molar-refractivity contribution in [3.63, 3.8) is 0 Å². The van der Waals surface area contributed by atoms with Gasteiger partial charge in [-0.3, -0.25) is 4.79 Å². The third-order valence-corrected chi connectivity index (χ3v) is 4.15. The minimum absolute atomic E-state index is 0.122. The Morgan fingerprint density at radius 2 is 2.11 bits per heavy atom. The van der Waals surface area contributed by atoms with Gasteiger partial charge in [-0.2, -0.15) is 0 Å². The van der Waals surface area contributed by atoms with Crippen LogP contribution >= 0.6 is 23.5 Å². The van der Waals surface area contributed by atoms with E-state index in [1.165, 1.54) is 11.8 Å². The van der Waals surface area contributed by atoms with Crippen LogP contribution < -0.4 is 0 Å². The fraction of sp³-hybridized carbons (Fsp3) is 0.833. The summed E-state index contributed by atoms with van der Waals surface area (Å²) in [5.74, 6) is 2.11. The molecular formula is C6H10OS2. The maximum Gasteiger partial charge on any atom is 0.204 e. The monoisotopic (exact) mass is 162 g/mol. The molecule has 1 fully saturated rings. The van der Waals surface area contributed by atoms with Crippen molar-refractivity contribution in [1.29, 1.82) is 0 Å². The standard InChI is InChI=1S/C6H10OS2/c1-6(2)5(7)8-3-4-9-6/h3-4H2,1-2H3. The van der Waals surface area contributed by atoms with E-state index >= 15 is 0 Å². The molecule has 1 saturated heterocycles. The molecule has 9 heavy (non-hydrogen) atoms. The predicted octanol–water partition coefficient (Wildman–Crippen LogP) is 1.77. The van der Waals surface area contributed by atoms with E-state index < -0.39 is 0 Å². The van der Waals surface area contributed by atoms with Crippen molar-refractivity contribution in [3.05, 3.63) is 0 Å². The van der Waals surface area contributed by atoms with Gasteiger partial charge in [0.15, 0.2) is 0 Å². The first-order valence-electron chi connectivity index (χ1n) is 2.94. The largest absolute Gasteiger partial charge is 0.286 e. The molecule has 1 nitrogen and oxygen atoms in total. The van der Waals surface area contributed by atoms with Crippen LogP contribution in [-0.2, 0) is 4.79 Å². The summed E-state index contributed by atoms with van der Waals surface area (Å²) in [6.07, 6.45) is 0. The summed E-state index contributed by atoms with van der Waals surface area (Å²) in [5, 5.41) is 0.332. The minimum Gasteiger partial charge on any atom is -0.286 e. The summed E-state index contributed by atoms with van der Waals surface area (Å²) in [4.78, 5) is 11.1. The van der Waals surface area contributed by atoms with Gasteiger partial charge in [0.25, 0.3) is 0 Å². The van der Waals surface area contributed by atoms with Crippen molar-refractivity contribution in [3.8, 4) is 0 Å². The summed E-state index contributed by atoms with van der Waals surface area (Å²) in [5.41, 5.74) is 0. The highest BCUT2D eigenvalue weighted by molar-refractivity contribution is 8.18. The number of thioether (sulfide) groups is 2. The average Bonchev–Trinajstić information content (AvgIpc) is 1.77. The number of hydrogen-bond acceptors (Lipinski definition) is 3. The summed E-state index contributed by atoms with van der Waals surface area (Å²) in [7, 11) is 0. The van der Waals surface area contributed by atoms with Crippen LogP contribution in [0.4, 0.5) is 0 Å². The lowest BCUT2D eigenvalue weighted by Gasteiger charge is -2.25. The first-order chi connectivity index (χ1) is 4.13. The zero-order valence-corrected chi connectivity index (χ0v) is 7.27. The van der Waals surface area contributed by atoms with Gasteiger partial charge in [-0.1, -0.05) is 11.8 Å². The molecule has 0 spiro atoms. The Morgan fingerprint density at radius 3 is 2.44 bits per heavy atom. The topological polar surface area (TPSA) is 17.1 Å². The molecule has 1 aliphatic heterocycles. The van der Waals surface area contributed by atoms with Gasteiger partial charge in [-0.15, -0.1) is 11.8 Å². The predicted molar refractivity (Wildman–Crippen MR) is 44.0 cm³/mol. The van der Waals surface area contributed by atoms with Crippen LogP contribution in [0.5, 0.6) is 0 Å². The van der Waals surface area contributed by atoms with Crippen molar-refractivity contribution < 1.29 is 4.79 Å². The molecule has 0 unspecified atom stereocenters. The number of carbonyl (C=O) groups excluding carboxylic acids is 1. The molecule has 52 valence electrons. The Balaban J connectivity index is 2.60. The molecule has 0 amide bonds. The molecular weight excluding hydrogens is 152 g/mol. The van der Waals surface area contributed by atoms with Gasteiger partial charge < -0.3 is 0 Å². The van der Waals surface area contributed by atoms with Gasteiger partial charge in [0.2, 0.25) is 5.12 Å². The van der Waals surface area contributed by atoms with E-state index in [9.17, 15) is 4.79 Å². The molecule has 0 radical (unpaired) electrons. The molecule has 3 heteroatoms. The van der Waals surface area contributed by atoms with Crippen molar-refractivity contribution >= 4 is 28.6 Å². The van der Waals surface area contributed by atoms with Crippen LogP contribution in [0.3, 0.4) is 0 Å². The maximum absolute atomic E-state index is 11.1. The first-order valence-corrected chi connectivity index (χ1v) is 4.91. The van der Waals surface area contributed by atoms with E-state index in [2.05, 4.69) is 0 Å². The van der Waals surface area contributed by atoms with Crippen molar-refractivity contribution in [1.82, 2.24) is 0 Å². The molecule has 0 aliphatic carbocycles. The SMILES string of the molecule is CC1(C)SCCSC1=O. The second kappa shape index (κ2) is 2.54. The quantitative estimate of drug-likeness (QED) is 0.540. The molecule has 0 bridgehead atoms. The molecule has 0 aromatic heterocycles. The van der Waals surface area contributed by atoms with E-state index in [4.69, 9.17) is 0 Å². The molecule has 1 aliphatic rings. The number of carbonyl (C=O) groups is 1. The molecule has 0 saturated carbocycles. The van der Waals surface area contributed by atoms with E-state index in [0.29, 0.717) is 5.12 Å². The lowest BCUT2D eigenvalue weighted by Crippen LogP contribution is -2.29. The highest BCUT2D eigenvalue weighted by Gasteiger charge is 2.31. The molecule has 1 rings (SSSR count). The third-order valence-electron chi connectivity index (χ3n) is 1.27. The van der Waals surface area contributed by atoms with Gasteiger partial charge in [0, 0.05) is 11.5 Å². The normalized spacial score (nSPS) is 26.2. The van der Waals surface area contributed by atoms with Crippen molar-refractivity contribution in [2.45, 2.75) is 18.6 Å². The van der Waals surface area contributed by atoms with E-state index in [-0.39, 0.29) is 4.75 Å². The fourth-order valence-corrected chi connectivity index (χ4v) is 2.85. The Bertz CT molecular complexity index is 131. The van der Waals surface area contributed by atoms with Gasteiger partial charge in [-0.25, -0.2) is 0 Å². The molecule has 0 aromatic carbocycles. The number of rotatable bonds is 0. The van der Waals surface area contributed by atoms with E-state index in [0.717, 1.165) is 11.5 Å². The van der Waals surface area contributed by atoms with Crippen LogP contribution in [0.25, 0.3) is 0 Å². The van der Waals surface area contributed by atoms with Gasteiger partial charge in [0.1, 0.15) is 0 Å². The smallest absolute Gasteiger partial charge is 0.204 e. The zero-order chi connectivity index (χ0) is 6.91. The third kappa shape index (κ3) is 1.64. The Labute approximate surface area is 64.0 Å². The second-order valence-corrected chi connectivity index (χ2v) is 5.28. The van der Waals surface area contributed by atoms with E-state index in [1.807, 2.05) is 13.8 Å². The van der Waals surface area contributed by atoms with Gasteiger partial charge >= 0.3 is 0 Å². The van der Waals surface area contributed by atoms with Crippen molar-refractivity contribution in [2.75, 3.05) is 11.5 Å². The average molecular weight is 162 g/mol. The van der Waals surface area contributed by atoms with Crippen LogP contribution in [0.15, 0.2) is 0 Å². The van der Waals surface area contributed by atoms with Crippen LogP contribution in [0, 0.1) is 0 Å². The summed E-state index contributed by atoms with van der Waals surface area (Å²) < 4.78 is -0.122. The van der Waals surface area contributed by atoms with Crippen LogP contribution in [0.1, 0.15) is 13.8 Å². The Hall–Kier alpha value is 0.370. The Morgan fingerprint density at radius 1 is 1.44 bits per heavy atom. The van der Waals surface area contributed by atoms with Gasteiger partial charge in [-0.05, 0) is 13.8 Å². The number of hydrogen-bond donors (Lipinski definition) is 0. The summed E-state index contributed by atoms with van der Waals surface area (Å²) in [6.45, 7) is 3.98. The summed E-state index contributed by atoms with van der Waals surface area (Å²) in [6, 6.07) is 0. The van der Waals surface area contributed by atoms with Crippen LogP contribution in [0.2, 0.25) is 0 Å². The maximum atomic E-state index is 11.1. The lowest BCUT2D eigenvalue weighted by atomic mass is 10.2. The molecule has 0 N–H and O–H groups in total. The Kier molecular flexibility index (Phi) is 2.11. The van der Waals surface area contributed by atoms with Gasteiger partial charge in [0.05, 0.1) is 4.75 Å². The van der Waals surface area contributed by atoms with Crippen LogP contribution in [-0.4, -0.2) is 21.4 Å². The van der Waals surface area contributed by atoms with E-state index in [1.54, 1.807) is 11.8 Å². The van der Waals surface area contributed by atoms with Crippen molar-refractivity contribution in [2.24, 2.45) is 0 Å². The second-order valence-electron chi connectivity index (χ2n) is 2.49. The highest BCUT2D eigenvalue weighted by Crippen LogP contribution is 2.34. The molecule has 1 heterocycles. The highest BCUT2D eigenvalue weighted by atomic mass is 32.2. The molecule has 0 aromatic rings. The minimum atomic E-state index is -0.122.